The number of nitrogens with zero attached hydrogens (tertiary/aromatic N) is 1. The van der Waals surface area contributed by atoms with Crippen molar-refractivity contribution in [3.63, 3.8) is 0 Å². The van der Waals surface area contributed by atoms with Crippen LogP contribution < -0.4 is 11.3 Å². The number of rotatable bonds is 3. The number of nitrogens with two attached hydrogens (primary N) is 1. The molecule has 11 heavy (non-hydrogen) atoms. The molecule has 0 rings (SSSR count). The van der Waals surface area contributed by atoms with Crippen LogP contribution >= 0.6 is 0 Å². The summed E-state index contributed by atoms with van der Waals surface area (Å²) in [5.74, 6) is 5.00. The second-order valence-corrected chi connectivity index (χ2v) is 2.74. The quantitative estimate of drug-likeness (QED) is 0.361. The van der Waals surface area contributed by atoms with Crippen LogP contribution in [0.3, 0.4) is 0 Å². The van der Waals surface area contributed by atoms with Crippen LogP contribution in [0.4, 0.5) is 4.79 Å². The summed E-state index contributed by atoms with van der Waals surface area (Å²) in [6, 6.07) is 0.000324. The Hall–Kier alpha value is -0.770. The van der Waals surface area contributed by atoms with Crippen LogP contribution in [0, 0.1) is 0 Å². The molecular formula is C7H17N3O. The van der Waals surface area contributed by atoms with Gasteiger partial charge in [0.2, 0.25) is 0 Å². The zero-order valence-electron chi connectivity index (χ0n) is 7.42. The summed E-state index contributed by atoms with van der Waals surface area (Å²) in [4.78, 5) is 12.7. The van der Waals surface area contributed by atoms with Crippen LogP contribution in [0.25, 0.3) is 0 Å². The minimum Gasteiger partial charge on any atom is -0.321 e. The molecule has 0 aliphatic heterocycles. The summed E-state index contributed by atoms with van der Waals surface area (Å²) in [6.45, 7) is 6.70. The van der Waals surface area contributed by atoms with E-state index in [9.17, 15) is 4.79 Å². The topological polar surface area (TPSA) is 58.4 Å². The Kier molecular flexibility index (Phi) is 4.61. The van der Waals surface area contributed by atoms with E-state index >= 15 is 0 Å². The maximum atomic E-state index is 11.0. The van der Waals surface area contributed by atoms with E-state index in [-0.39, 0.29) is 12.1 Å². The Balaban J connectivity index is 3.98. The van der Waals surface area contributed by atoms with E-state index in [0.717, 1.165) is 13.0 Å². The van der Waals surface area contributed by atoms with Gasteiger partial charge >= 0.3 is 6.03 Å². The highest BCUT2D eigenvalue weighted by Crippen LogP contribution is 1.98. The fourth-order valence-corrected chi connectivity index (χ4v) is 0.918. The highest BCUT2D eigenvalue weighted by molar-refractivity contribution is 5.73. The highest BCUT2D eigenvalue weighted by Gasteiger charge is 2.13. The first kappa shape index (κ1) is 10.2. The smallest absolute Gasteiger partial charge is 0.321 e. The van der Waals surface area contributed by atoms with E-state index in [0.29, 0.717) is 0 Å². The van der Waals surface area contributed by atoms with E-state index in [1.807, 2.05) is 20.8 Å². The molecule has 0 atom stereocenters. The number of hydrogen-bond acceptors (Lipinski definition) is 2. The van der Waals surface area contributed by atoms with Crippen molar-refractivity contribution in [2.75, 3.05) is 6.54 Å². The number of carbonyl (C=O) groups is 1. The van der Waals surface area contributed by atoms with E-state index in [2.05, 4.69) is 5.43 Å². The molecule has 0 aliphatic carbocycles. The van der Waals surface area contributed by atoms with Crippen LogP contribution in [-0.2, 0) is 0 Å². The second-order valence-electron chi connectivity index (χ2n) is 2.74. The molecule has 3 N–H and O–H groups in total. The summed E-state index contributed by atoms with van der Waals surface area (Å²) < 4.78 is 0. The number of hydrogen-bond donors (Lipinski definition) is 2. The van der Waals surface area contributed by atoms with Gasteiger partial charge in [-0.15, -0.1) is 0 Å². The molecule has 2 amide bonds. The van der Waals surface area contributed by atoms with Crippen molar-refractivity contribution in [1.82, 2.24) is 10.3 Å². The van der Waals surface area contributed by atoms with Crippen molar-refractivity contribution in [3.05, 3.63) is 0 Å². The lowest BCUT2D eigenvalue weighted by Crippen LogP contribution is -2.46. The molecule has 0 bridgehead atoms. The van der Waals surface area contributed by atoms with Gasteiger partial charge < -0.3 is 4.90 Å². The predicted molar refractivity (Wildman–Crippen MR) is 44.9 cm³/mol. The predicted octanol–water partition coefficient (Wildman–Crippen LogP) is 0.690. The van der Waals surface area contributed by atoms with Crippen LogP contribution in [0.5, 0.6) is 0 Å². The molecule has 0 saturated carbocycles. The van der Waals surface area contributed by atoms with Gasteiger partial charge in [-0.25, -0.2) is 10.6 Å². The van der Waals surface area contributed by atoms with Crippen LogP contribution in [0.2, 0.25) is 0 Å². The maximum Gasteiger partial charge on any atom is 0.331 e. The lowest BCUT2D eigenvalue weighted by atomic mass is 10.3. The van der Waals surface area contributed by atoms with Crippen molar-refractivity contribution < 1.29 is 4.79 Å². The molecule has 4 heteroatoms. The molecule has 0 aromatic carbocycles. The lowest BCUT2D eigenvalue weighted by molar-refractivity contribution is 0.183. The van der Waals surface area contributed by atoms with E-state index in [1.54, 1.807) is 4.90 Å². The summed E-state index contributed by atoms with van der Waals surface area (Å²) >= 11 is 0. The summed E-state index contributed by atoms with van der Waals surface area (Å²) in [6.07, 6.45) is 0.950. The first-order valence-corrected chi connectivity index (χ1v) is 3.90. The summed E-state index contributed by atoms with van der Waals surface area (Å²) in [5, 5.41) is 0. The SMILES string of the molecule is CCCN(C(=O)NN)C(C)C. The van der Waals surface area contributed by atoms with Gasteiger partial charge in [-0.2, -0.15) is 0 Å². The Bertz CT molecular complexity index is 125. The molecule has 0 fully saturated rings. The fourth-order valence-electron chi connectivity index (χ4n) is 0.918. The first-order valence-electron chi connectivity index (χ1n) is 3.90. The van der Waals surface area contributed by atoms with Gasteiger partial charge in [0.25, 0.3) is 0 Å². The molecule has 0 aromatic heterocycles. The van der Waals surface area contributed by atoms with Gasteiger partial charge in [0, 0.05) is 12.6 Å². The molecule has 0 saturated heterocycles. The van der Waals surface area contributed by atoms with Crippen molar-refractivity contribution in [3.8, 4) is 0 Å². The Morgan fingerprint density at radius 1 is 1.64 bits per heavy atom. The molecule has 0 aromatic rings. The van der Waals surface area contributed by atoms with Crippen molar-refractivity contribution >= 4 is 6.03 Å². The third-order valence-electron chi connectivity index (χ3n) is 1.47. The molecule has 66 valence electrons. The standard InChI is InChI=1S/C7H17N3O/c1-4-5-10(6(2)3)7(11)9-8/h6H,4-5,8H2,1-3H3,(H,9,11). The monoisotopic (exact) mass is 159 g/mol. The molecule has 0 heterocycles. The molecule has 0 aliphatic rings. The van der Waals surface area contributed by atoms with Gasteiger partial charge in [-0.1, -0.05) is 6.92 Å². The number of carbonyl (C=O) groups excluding carboxylic acids is 1. The van der Waals surface area contributed by atoms with Gasteiger partial charge in [-0.05, 0) is 20.3 Å². The maximum absolute atomic E-state index is 11.0. The summed E-state index contributed by atoms with van der Waals surface area (Å²) in [5.41, 5.74) is 2.12. The normalized spacial score (nSPS) is 9.91. The van der Waals surface area contributed by atoms with Crippen LogP contribution in [-0.4, -0.2) is 23.5 Å². The third kappa shape index (κ3) is 3.23. The van der Waals surface area contributed by atoms with Gasteiger partial charge in [-0.3, -0.25) is 5.43 Å². The zero-order valence-corrected chi connectivity index (χ0v) is 7.42. The number of hydrazine groups is 1. The Morgan fingerprint density at radius 2 is 2.18 bits per heavy atom. The minimum atomic E-state index is -0.207. The minimum absolute atomic E-state index is 0.207. The highest BCUT2D eigenvalue weighted by atomic mass is 16.2. The zero-order chi connectivity index (χ0) is 8.85. The van der Waals surface area contributed by atoms with E-state index in [1.165, 1.54) is 0 Å². The van der Waals surface area contributed by atoms with Gasteiger partial charge in [0.05, 0.1) is 0 Å². The fraction of sp³-hybridized carbons (Fsp3) is 0.857. The lowest BCUT2D eigenvalue weighted by Gasteiger charge is -2.25. The van der Waals surface area contributed by atoms with Crippen molar-refractivity contribution in [2.24, 2.45) is 5.84 Å². The largest absolute Gasteiger partial charge is 0.331 e. The average Bonchev–Trinajstić information content (AvgIpc) is 1.98. The van der Waals surface area contributed by atoms with Crippen molar-refractivity contribution in [1.29, 1.82) is 0 Å². The number of amides is 2. The Labute approximate surface area is 67.7 Å². The van der Waals surface area contributed by atoms with Gasteiger partial charge in [0.1, 0.15) is 0 Å². The van der Waals surface area contributed by atoms with Crippen LogP contribution in [0.1, 0.15) is 27.2 Å². The van der Waals surface area contributed by atoms with Gasteiger partial charge in [0.15, 0.2) is 0 Å². The van der Waals surface area contributed by atoms with Crippen molar-refractivity contribution in [2.45, 2.75) is 33.2 Å². The van der Waals surface area contributed by atoms with E-state index < -0.39 is 0 Å². The molecule has 0 spiro atoms. The first-order chi connectivity index (χ1) is 5.13. The summed E-state index contributed by atoms with van der Waals surface area (Å²) in [7, 11) is 0. The second kappa shape index (κ2) is 4.96. The van der Waals surface area contributed by atoms with E-state index in [4.69, 9.17) is 5.84 Å². The molecular weight excluding hydrogens is 142 g/mol. The Morgan fingerprint density at radius 3 is 2.45 bits per heavy atom. The molecule has 0 radical (unpaired) electrons. The average molecular weight is 159 g/mol. The molecule has 4 nitrogen and oxygen atoms in total. The molecule has 0 unspecified atom stereocenters. The third-order valence-corrected chi connectivity index (χ3v) is 1.47. The number of nitrogens with one attached hydrogen (secondary N) is 1. The number of urea groups is 1. The van der Waals surface area contributed by atoms with Crippen LogP contribution in [0.15, 0.2) is 0 Å².